The first-order chi connectivity index (χ1) is 15.1. The predicted molar refractivity (Wildman–Crippen MR) is 118 cm³/mol. The number of hydrogen-bond acceptors (Lipinski definition) is 7. The molecule has 0 radical (unpaired) electrons. The molecule has 32 heavy (non-hydrogen) atoms. The van der Waals surface area contributed by atoms with Crippen LogP contribution in [-0.2, 0) is 34.2 Å². The van der Waals surface area contributed by atoms with Gasteiger partial charge in [0.15, 0.2) is 16.4 Å². The molecule has 1 aliphatic carbocycles. The summed E-state index contributed by atoms with van der Waals surface area (Å²) in [5, 5.41) is 0. The van der Waals surface area contributed by atoms with Crippen molar-refractivity contribution in [2.45, 2.75) is 68.5 Å². The molecule has 1 aromatic rings. The number of hydrogen-bond donors (Lipinski definition) is 1. The Labute approximate surface area is 189 Å². The molecule has 1 saturated heterocycles. The molecule has 1 saturated carbocycles. The first kappa shape index (κ1) is 24.7. The zero-order chi connectivity index (χ0) is 23.4. The predicted octanol–water partition coefficient (Wildman–Crippen LogP) is 1.24. The van der Waals surface area contributed by atoms with E-state index in [1.807, 2.05) is 0 Å². The molecule has 0 bridgehead atoms. The number of amides is 1. The highest BCUT2D eigenvalue weighted by atomic mass is 32.2. The van der Waals surface area contributed by atoms with Crippen molar-refractivity contribution < 1.29 is 31.2 Å². The van der Waals surface area contributed by atoms with Gasteiger partial charge in [0, 0.05) is 12.1 Å². The molecule has 1 aliphatic heterocycles. The molecule has 0 spiro atoms. The van der Waals surface area contributed by atoms with E-state index < -0.39 is 50.4 Å². The number of benzene rings is 1. The van der Waals surface area contributed by atoms with Crippen LogP contribution < -0.4 is 4.72 Å². The average Bonchev–Trinajstić information content (AvgIpc) is 3.12. The van der Waals surface area contributed by atoms with E-state index in [2.05, 4.69) is 4.72 Å². The third kappa shape index (κ3) is 6.29. The lowest BCUT2D eigenvalue weighted by Crippen LogP contribution is -2.50. The summed E-state index contributed by atoms with van der Waals surface area (Å²) in [7, 11) is -7.10. The van der Waals surface area contributed by atoms with Crippen LogP contribution in [-0.4, -0.2) is 69.9 Å². The zero-order valence-corrected chi connectivity index (χ0v) is 19.7. The Morgan fingerprint density at radius 3 is 2.34 bits per heavy atom. The Hall–Kier alpha value is -1.98. The third-order valence-electron chi connectivity index (χ3n) is 5.93. The Balaban J connectivity index is 1.61. The summed E-state index contributed by atoms with van der Waals surface area (Å²) in [5.41, 5.74) is 0. The lowest BCUT2D eigenvalue weighted by atomic mass is 9.93. The number of nitrogens with one attached hydrogen (secondary N) is 1. The molecular formula is C21H30N2O7S2. The van der Waals surface area contributed by atoms with E-state index >= 15 is 0 Å². The topological polar surface area (TPSA) is 127 Å². The van der Waals surface area contributed by atoms with Crippen LogP contribution >= 0.6 is 0 Å². The summed E-state index contributed by atoms with van der Waals surface area (Å²) in [6.45, 7) is 0.791. The first-order valence-corrected chi connectivity index (χ1v) is 14.1. The van der Waals surface area contributed by atoms with Gasteiger partial charge in [-0.3, -0.25) is 9.59 Å². The van der Waals surface area contributed by atoms with E-state index in [0.717, 1.165) is 32.1 Å². The number of rotatable bonds is 8. The second-order valence-corrected chi connectivity index (χ2v) is 12.4. The molecule has 178 valence electrons. The van der Waals surface area contributed by atoms with Crippen LogP contribution in [0.5, 0.6) is 0 Å². The van der Waals surface area contributed by atoms with E-state index in [0.29, 0.717) is 6.42 Å². The SMILES string of the molecule is C[C@H](NS(=O)(=O)c1ccccc1)C(=O)OCC(=O)N(C1CCCCC1)C1CCS(=O)(=O)C1. The van der Waals surface area contributed by atoms with E-state index in [9.17, 15) is 26.4 Å². The van der Waals surface area contributed by atoms with E-state index in [-0.39, 0.29) is 22.4 Å². The number of sulfone groups is 1. The van der Waals surface area contributed by atoms with Crippen LogP contribution in [0.1, 0.15) is 45.4 Å². The normalized spacial score (nSPS) is 22.2. The maximum atomic E-state index is 13.0. The second-order valence-electron chi connectivity index (χ2n) is 8.41. The number of carbonyl (C=O) groups is 2. The molecule has 0 aromatic heterocycles. The summed E-state index contributed by atoms with van der Waals surface area (Å²) in [6.07, 6.45) is 4.98. The van der Waals surface area contributed by atoms with E-state index in [4.69, 9.17) is 4.74 Å². The zero-order valence-electron chi connectivity index (χ0n) is 18.1. The van der Waals surface area contributed by atoms with Gasteiger partial charge in [0.05, 0.1) is 16.4 Å². The summed E-state index contributed by atoms with van der Waals surface area (Å²) in [6, 6.07) is 5.95. The summed E-state index contributed by atoms with van der Waals surface area (Å²) in [4.78, 5) is 27.0. The highest BCUT2D eigenvalue weighted by Gasteiger charge is 2.39. The third-order valence-corrected chi connectivity index (χ3v) is 9.24. The van der Waals surface area contributed by atoms with Gasteiger partial charge in [-0.25, -0.2) is 16.8 Å². The van der Waals surface area contributed by atoms with E-state index in [1.54, 1.807) is 23.1 Å². The van der Waals surface area contributed by atoms with Crippen LogP contribution in [0.15, 0.2) is 35.2 Å². The quantitative estimate of drug-likeness (QED) is 0.548. The maximum Gasteiger partial charge on any atom is 0.324 e. The molecule has 1 aromatic carbocycles. The van der Waals surface area contributed by atoms with Gasteiger partial charge in [0.1, 0.15) is 6.04 Å². The number of carbonyl (C=O) groups excluding carboxylic acids is 2. The minimum Gasteiger partial charge on any atom is -0.454 e. The second kappa shape index (κ2) is 10.3. The van der Waals surface area contributed by atoms with Crippen molar-refractivity contribution in [1.29, 1.82) is 0 Å². The van der Waals surface area contributed by atoms with Gasteiger partial charge in [0.25, 0.3) is 5.91 Å². The van der Waals surface area contributed by atoms with Gasteiger partial charge in [-0.15, -0.1) is 0 Å². The van der Waals surface area contributed by atoms with Crippen molar-refractivity contribution in [3.63, 3.8) is 0 Å². The van der Waals surface area contributed by atoms with Gasteiger partial charge in [-0.2, -0.15) is 4.72 Å². The average molecular weight is 487 g/mol. The van der Waals surface area contributed by atoms with Crippen molar-refractivity contribution in [2.24, 2.45) is 0 Å². The van der Waals surface area contributed by atoms with Crippen molar-refractivity contribution in [3.05, 3.63) is 30.3 Å². The Kier molecular flexibility index (Phi) is 7.94. The first-order valence-electron chi connectivity index (χ1n) is 10.8. The fourth-order valence-electron chi connectivity index (χ4n) is 4.34. The number of nitrogens with zero attached hydrogens (tertiary/aromatic N) is 1. The van der Waals surface area contributed by atoms with Crippen molar-refractivity contribution in [2.75, 3.05) is 18.1 Å². The largest absolute Gasteiger partial charge is 0.454 e. The smallest absolute Gasteiger partial charge is 0.324 e. The Morgan fingerprint density at radius 2 is 1.75 bits per heavy atom. The fourth-order valence-corrected chi connectivity index (χ4v) is 7.26. The highest BCUT2D eigenvalue weighted by molar-refractivity contribution is 7.91. The molecular weight excluding hydrogens is 456 g/mol. The van der Waals surface area contributed by atoms with E-state index in [1.165, 1.54) is 19.1 Å². The summed E-state index contributed by atoms with van der Waals surface area (Å²) >= 11 is 0. The lowest BCUT2D eigenvalue weighted by molar-refractivity contribution is -0.155. The van der Waals surface area contributed by atoms with Gasteiger partial charge in [-0.1, -0.05) is 37.5 Å². The van der Waals surface area contributed by atoms with Crippen LogP contribution in [0, 0.1) is 0 Å². The molecule has 9 nitrogen and oxygen atoms in total. The van der Waals surface area contributed by atoms with Gasteiger partial charge in [0.2, 0.25) is 10.0 Å². The van der Waals surface area contributed by atoms with Crippen molar-refractivity contribution >= 4 is 31.7 Å². The van der Waals surface area contributed by atoms with Gasteiger partial charge < -0.3 is 9.64 Å². The Bertz CT molecular complexity index is 1020. The van der Waals surface area contributed by atoms with Crippen molar-refractivity contribution in [3.8, 4) is 0 Å². The standard InChI is InChI=1S/C21H30N2O7S2/c1-16(22-32(28,29)19-10-6-3-7-11-19)21(25)30-14-20(24)23(17-8-4-2-5-9-17)18-12-13-31(26,27)15-18/h3,6-7,10-11,16-18,22H,2,4-5,8-9,12-15H2,1H3/t16-,18?/m0/s1. The molecule has 2 fully saturated rings. The molecule has 1 N–H and O–H groups in total. The highest BCUT2D eigenvalue weighted by Crippen LogP contribution is 2.28. The minimum atomic E-state index is -3.92. The number of sulfonamides is 1. The maximum absolute atomic E-state index is 13.0. The summed E-state index contributed by atoms with van der Waals surface area (Å²) in [5.74, 6) is -1.34. The molecule has 1 amide bonds. The molecule has 11 heteroatoms. The monoisotopic (exact) mass is 486 g/mol. The summed E-state index contributed by atoms with van der Waals surface area (Å²) < 4.78 is 56.1. The van der Waals surface area contributed by atoms with Crippen molar-refractivity contribution in [1.82, 2.24) is 9.62 Å². The van der Waals surface area contributed by atoms with Gasteiger partial charge in [-0.05, 0) is 38.3 Å². The molecule has 1 unspecified atom stereocenters. The number of esters is 1. The number of ether oxygens (including phenoxy) is 1. The van der Waals surface area contributed by atoms with Gasteiger partial charge >= 0.3 is 5.97 Å². The molecule has 1 heterocycles. The Morgan fingerprint density at radius 1 is 1.09 bits per heavy atom. The van der Waals surface area contributed by atoms with Crippen LogP contribution in [0.3, 0.4) is 0 Å². The molecule has 3 rings (SSSR count). The fraction of sp³-hybridized carbons (Fsp3) is 0.619. The van der Waals surface area contributed by atoms with Crippen LogP contribution in [0.2, 0.25) is 0 Å². The van der Waals surface area contributed by atoms with Crippen LogP contribution in [0.25, 0.3) is 0 Å². The molecule has 2 atom stereocenters. The van der Waals surface area contributed by atoms with Crippen LogP contribution in [0.4, 0.5) is 0 Å². The molecule has 2 aliphatic rings. The lowest BCUT2D eigenvalue weighted by Gasteiger charge is -2.38. The minimum absolute atomic E-state index is 0.0154.